The molecule has 1 N–H and O–H groups in total. The van der Waals surface area contributed by atoms with E-state index in [4.69, 9.17) is 9.84 Å². The van der Waals surface area contributed by atoms with Crippen molar-refractivity contribution in [1.82, 2.24) is 4.90 Å². The number of alkyl halides is 2. The van der Waals surface area contributed by atoms with E-state index in [1.54, 1.807) is 23.1 Å². The van der Waals surface area contributed by atoms with Crippen molar-refractivity contribution in [3.8, 4) is 5.75 Å². The molecule has 5 nitrogen and oxygen atoms in total. The lowest BCUT2D eigenvalue weighted by Crippen LogP contribution is -2.32. The molecule has 0 heterocycles. The van der Waals surface area contributed by atoms with Crippen LogP contribution in [-0.4, -0.2) is 49.4 Å². The molecule has 0 unspecified atom stereocenters. The molecule has 0 amide bonds. The predicted octanol–water partition coefficient (Wildman–Crippen LogP) is 1.82. The molecule has 7 heteroatoms. The minimum absolute atomic E-state index is 0.0512. The number of carboxylic acids is 1. The van der Waals surface area contributed by atoms with Crippen LogP contribution in [0.5, 0.6) is 5.75 Å². The second-order valence-electron chi connectivity index (χ2n) is 4.08. The lowest BCUT2D eigenvalue weighted by atomic mass is 10.2. The molecule has 0 aromatic heterocycles. The number of halogens is 2. The maximum absolute atomic E-state index is 12.3. The number of rotatable bonds is 9. The summed E-state index contributed by atoms with van der Waals surface area (Å²) in [7, 11) is 1.51. The van der Waals surface area contributed by atoms with Crippen molar-refractivity contribution in [3.63, 3.8) is 0 Å². The van der Waals surface area contributed by atoms with Crippen molar-refractivity contribution >= 4 is 5.97 Å². The highest BCUT2D eigenvalue weighted by atomic mass is 19.3. The van der Waals surface area contributed by atoms with E-state index in [2.05, 4.69) is 4.74 Å². The molecule has 0 fully saturated rings. The van der Waals surface area contributed by atoms with Crippen molar-refractivity contribution in [2.45, 2.75) is 13.2 Å². The Kier molecular flexibility index (Phi) is 6.89. The minimum atomic E-state index is -2.91. The molecular weight excluding hydrogens is 272 g/mol. The molecule has 1 rings (SSSR count). The van der Waals surface area contributed by atoms with Gasteiger partial charge in [0.05, 0.1) is 13.2 Å². The first-order valence-corrected chi connectivity index (χ1v) is 5.98. The fourth-order valence-corrected chi connectivity index (χ4v) is 1.71. The van der Waals surface area contributed by atoms with Crippen LogP contribution < -0.4 is 4.74 Å². The van der Waals surface area contributed by atoms with Gasteiger partial charge < -0.3 is 14.6 Å². The maximum atomic E-state index is 12.3. The Balaban J connectivity index is 2.78. The van der Waals surface area contributed by atoms with Crippen LogP contribution in [0.4, 0.5) is 8.78 Å². The quantitative estimate of drug-likeness (QED) is 0.751. The number of carboxylic acid groups (broad SMARTS) is 1. The monoisotopic (exact) mass is 289 g/mol. The Morgan fingerprint density at radius 1 is 1.40 bits per heavy atom. The number of benzene rings is 1. The summed E-state index contributed by atoms with van der Waals surface area (Å²) in [5.74, 6) is -0.941. The largest absolute Gasteiger partial charge is 0.480 e. The number of carbonyl (C=O) groups is 1. The Labute approximate surface area is 115 Å². The van der Waals surface area contributed by atoms with Gasteiger partial charge in [0.2, 0.25) is 0 Å². The second-order valence-corrected chi connectivity index (χ2v) is 4.08. The van der Waals surface area contributed by atoms with Gasteiger partial charge in [-0.15, -0.1) is 0 Å². The van der Waals surface area contributed by atoms with Crippen molar-refractivity contribution in [2.24, 2.45) is 0 Å². The van der Waals surface area contributed by atoms with E-state index in [0.29, 0.717) is 18.7 Å². The molecule has 0 saturated carbocycles. The zero-order chi connectivity index (χ0) is 15.0. The molecule has 0 aliphatic heterocycles. The number of methoxy groups -OCH3 is 1. The standard InChI is InChI=1S/C13H17F2NO4/c1-19-7-6-16(9-12(17)18)8-10-4-2-3-5-11(10)20-13(14)15/h2-5,13H,6-9H2,1H3,(H,17,18). The summed E-state index contributed by atoms with van der Waals surface area (Å²) in [4.78, 5) is 12.4. The smallest absolute Gasteiger partial charge is 0.387 e. The molecule has 1 aromatic rings. The molecule has 0 aliphatic rings. The molecule has 20 heavy (non-hydrogen) atoms. The summed E-state index contributed by atoms with van der Waals surface area (Å²) in [5.41, 5.74) is 0.505. The molecule has 0 bridgehead atoms. The Hall–Kier alpha value is -1.73. The van der Waals surface area contributed by atoms with Crippen molar-refractivity contribution in [3.05, 3.63) is 29.8 Å². The maximum Gasteiger partial charge on any atom is 0.387 e. The molecule has 0 aliphatic carbocycles. The molecule has 0 saturated heterocycles. The van der Waals surface area contributed by atoms with Crippen molar-refractivity contribution in [1.29, 1.82) is 0 Å². The molecule has 1 aromatic carbocycles. The minimum Gasteiger partial charge on any atom is -0.480 e. The average molecular weight is 289 g/mol. The average Bonchev–Trinajstić information content (AvgIpc) is 2.37. The SMILES string of the molecule is COCCN(CC(=O)O)Cc1ccccc1OC(F)F. The van der Waals surface area contributed by atoms with Gasteiger partial charge in [0.15, 0.2) is 0 Å². The van der Waals surface area contributed by atoms with E-state index in [9.17, 15) is 13.6 Å². The van der Waals surface area contributed by atoms with Crippen molar-refractivity contribution < 1.29 is 28.2 Å². The summed E-state index contributed by atoms with van der Waals surface area (Å²) < 4.78 is 33.9. The second kappa shape index (κ2) is 8.44. The fraction of sp³-hybridized carbons (Fsp3) is 0.462. The number of hydrogen-bond donors (Lipinski definition) is 1. The lowest BCUT2D eigenvalue weighted by molar-refractivity contribution is -0.138. The zero-order valence-electron chi connectivity index (χ0n) is 11.1. The molecule has 0 atom stereocenters. The van der Waals surface area contributed by atoms with Gasteiger partial charge in [-0.1, -0.05) is 18.2 Å². The zero-order valence-corrected chi connectivity index (χ0v) is 11.1. The van der Waals surface area contributed by atoms with Crippen LogP contribution in [0.15, 0.2) is 24.3 Å². The number of ether oxygens (including phenoxy) is 2. The van der Waals surface area contributed by atoms with Gasteiger partial charge in [-0.2, -0.15) is 8.78 Å². The van der Waals surface area contributed by atoms with E-state index in [1.165, 1.54) is 13.2 Å². The highest BCUT2D eigenvalue weighted by molar-refractivity contribution is 5.69. The van der Waals surface area contributed by atoms with Crippen LogP contribution in [0, 0.1) is 0 Å². The van der Waals surface area contributed by atoms with Gasteiger partial charge in [-0.25, -0.2) is 0 Å². The van der Waals surface area contributed by atoms with E-state index in [-0.39, 0.29) is 18.8 Å². The Bertz CT molecular complexity index is 429. The third kappa shape index (κ3) is 5.94. The third-order valence-electron chi connectivity index (χ3n) is 2.55. The predicted molar refractivity (Wildman–Crippen MR) is 67.9 cm³/mol. The number of nitrogens with zero attached hydrogens (tertiary/aromatic N) is 1. The van der Waals surface area contributed by atoms with Crippen molar-refractivity contribution in [2.75, 3.05) is 26.8 Å². The topological polar surface area (TPSA) is 59.0 Å². The molecule has 0 spiro atoms. The summed E-state index contributed by atoms with van der Waals surface area (Å²) in [6.07, 6.45) is 0. The number of aliphatic carboxylic acids is 1. The van der Waals surface area contributed by atoms with Gasteiger partial charge in [0.1, 0.15) is 5.75 Å². The fourth-order valence-electron chi connectivity index (χ4n) is 1.71. The van der Waals surface area contributed by atoms with Gasteiger partial charge in [0.25, 0.3) is 0 Å². The Morgan fingerprint density at radius 2 is 2.10 bits per heavy atom. The number of para-hydroxylation sites is 1. The van der Waals surface area contributed by atoms with Crippen LogP contribution in [0.3, 0.4) is 0 Å². The van der Waals surface area contributed by atoms with E-state index >= 15 is 0 Å². The first kappa shape index (κ1) is 16.3. The molecular formula is C13H17F2NO4. The third-order valence-corrected chi connectivity index (χ3v) is 2.55. The highest BCUT2D eigenvalue weighted by Gasteiger charge is 2.14. The van der Waals surface area contributed by atoms with E-state index < -0.39 is 12.6 Å². The normalized spacial score (nSPS) is 11.1. The van der Waals surface area contributed by atoms with Crippen LogP contribution in [0.1, 0.15) is 5.56 Å². The van der Waals surface area contributed by atoms with E-state index in [0.717, 1.165) is 0 Å². The summed E-state index contributed by atoms with van der Waals surface area (Å²) in [6, 6.07) is 6.32. The first-order valence-electron chi connectivity index (χ1n) is 5.98. The van der Waals surface area contributed by atoms with Gasteiger partial charge in [-0.05, 0) is 6.07 Å². The highest BCUT2D eigenvalue weighted by Crippen LogP contribution is 2.21. The van der Waals surface area contributed by atoms with Crippen LogP contribution >= 0.6 is 0 Å². The van der Waals surface area contributed by atoms with Crippen LogP contribution in [0.2, 0.25) is 0 Å². The lowest BCUT2D eigenvalue weighted by Gasteiger charge is -2.21. The van der Waals surface area contributed by atoms with Crippen LogP contribution in [0.25, 0.3) is 0 Å². The van der Waals surface area contributed by atoms with E-state index in [1.807, 2.05) is 0 Å². The van der Waals surface area contributed by atoms with Gasteiger partial charge in [0, 0.05) is 25.8 Å². The van der Waals surface area contributed by atoms with Crippen LogP contribution in [-0.2, 0) is 16.1 Å². The molecule has 0 radical (unpaired) electrons. The first-order chi connectivity index (χ1) is 9.52. The summed E-state index contributed by atoms with van der Waals surface area (Å²) >= 11 is 0. The summed E-state index contributed by atoms with van der Waals surface area (Å²) in [6.45, 7) is -2.19. The van der Waals surface area contributed by atoms with Gasteiger partial charge >= 0.3 is 12.6 Å². The molecule has 112 valence electrons. The Morgan fingerprint density at radius 3 is 2.70 bits per heavy atom. The van der Waals surface area contributed by atoms with Gasteiger partial charge in [-0.3, -0.25) is 9.69 Å². The number of hydrogen-bond acceptors (Lipinski definition) is 4. The summed E-state index contributed by atoms with van der Waals surface area (Å²) in [5, 5.41) is 8.84.